The van der Waals surface area contributed by atoms with Gasteiger partial charge in [-0.1, -0.05) is 36.7 Å². The van der Waals surface area contributed by atoms with Gasteiger partial charge in [0, 0.05) is 23.1 Å². The van der Waals surface area contributed by atoms with E-state index >= 15 is 0 Å². The fourth-order valence-electron chi connectivity index (χ4n) is 3.67. The molecule has 24 heavy (non-hydrogen) atoms. The second-order valence-corrected chi connectivity index (χ2v) is 6.37. The highest BCUT2D eigenvalue weighted by Crippen LogP contribution is 2.43. The zero-order valence-electron chi connectivity index (χ0n) is 14.2. The molecule has 0 fully saturated rings. The third-order valence-electron chi connectivity index (χ3n) is 4.82. The van der Waals surface area contributed by atoms with Crippen molar-refractivity contribution in [3.8, 4) is 11.1 Å². The van der Waals surface area contributed by atoms with Crippen LogP contribution in [0.15, 0.2) is 34.9 Å². The summed E-state index contributed by atoms with van der Waals surface area (Å²) in [5, 5.41) is 6.22. The molecule has 0 saturated carbocycles. The van der Waals surface area contributed by atoms with E-state index in [4.69, 9.17) is 4.52 Å². The topological polar surface area (TPSA) is 46.3 Å². The van der Waals surface area contributed by atoms with Crippen LogP contribution in [0.5, 0.6) is 0 Å². The smallest absolute Gasteiger partial charge is 0.258 e. The number of hydrogen-bond acceptors (Lipinski definition) is 3. The maximum atomic E-state index is 12.8. The van der Waals surface area contributed by atoms with Gasteiger partial charge in [-0.3, -0.25) is 4.79 Å². The zero-order chi connectivity index (χ0) is 16.8. The molecule has 1 aromatic heterocycles. The molecule has 1 aliphatic heterocycles. The minimum Gasteiger partial charge on any atom is -0.361 e. The Morgan fingerprint density at radius 2 is 1.96 bits per heavy atom. The van der Waals surface area contributed by atoms with Gasteiger partial charge in [-0.05, 0) is 43.4 Å². The van der Waals surface area contributed by atoms with E-state index < -0.39 is 0 Å². The largest absolute Gasteiger partial charge is 0.361 e. The van der Waals surface area contributed by atoms with Crippen molar-refractivity contribution in [3.05, 3.63) is 47.3 Å². The van der Waals surface area contributed by atoms with Gasteiger partial charge >= 0.3 is 0 Å². The quantitative estimate of drug-likeness (QED) is 0.689. The van der Waals surface area contributed by atoms with E-state index in [0.717, 1.165) is 64.0 Å². The summed E-state index contributed by atoms with van der Waals surface area (Å²) < 4.78 is 5.34. The maximum absolute atomic E-state index is 12.8. The predicted octanol–water partition coefficient (Wildman–Crippen LogP) is 4.87. The summed E-state index contributed by atoms with van der Waals surface area (Å²) in [4.78, 5) is 14.7. The molecular weight excluding hydrogens is 300 g/mol. The number of aromatic nitrogens is 1. The lowest BCUT2D eigenvalue weighted by molar-refractivity contribution is 0.0993. The van der Waals surface area contributed by atoms with Crippen LogP contribution in [0.2, 0.25) is 0 Å². The summed E-state index contributed by atoms with van der Waals surface area (Å²) in [6, 6.07) is 10.1. The fourth-order valence-corrected chi connectivity index (χ4v) is 3.67. The molecule has 4 heteroatoms. The lowest BCUT2D eigenvalue weighted by atomic mass is 9.95. The Hall–Kier alpha value is -2.62. The number of nitrogens with zero attached hydrogens (tertiary/aromatic N) is 2. The van der Waals surface area contributed by atoms with Crippen LogP contribution in [-0.2, 0) is 0 Å². The molecule has 1 aliphatic rings. The van der Waals surface area contributed by atoms with Crippen LogP contribution >= 0.6 is 0 Å². The molecule has 1 amide bonds. The van der Waals surface area contributed by atoms with E-state index in [-0.39, 0.29) is 5.91 Å². The van der Waals surface area contributed by atoms with Crippen LogP contribution in [-0.4, -0.2) is 17.6 Å². The molecule has 2 heterocycles. The van der Waals surface area contributed by atoms with Gasteiger partial charge < -0.3 is 9.42 Å². The molecule has 0 unspecified atom stereocenters. The van der Waals surface area contributed by atoms with Crippen LogP contribution in [0, 0.1) is 13.8 Å². The fraction of sp³-hybridized carbons (Fsp3) is 0.300. The second-order valence-electron chi connectivity index (χ2n) is 6.37. The number of aryl methyl sites for hydroxylation is 2. The van der Waals surface area contributed by atoms with Crippen molar-refractivity contribution in [1.29, 1.82) is 0 Å². The van der Waals surface area contributed by atoms with Gasteiger partial charge in [0.1, 0.15) is 5.76 Å². The van der Waals surface area contributed by atoms with Crippen molar-refractivity contribution in [2.24, 2.45) is 0 Å². The predicted molar refractivity (Wildman–Crippen MR) is 95.5 cm³/mol. The number of hydrogen-bond donors (Lipinski definition) is 0. The molecule has 3 aromatic rings. The van der Waals surface area contributed by atoms with Crippen LogP contribution in [0.4, 0.5) is 5.69 Å². The molecule has 4 rings (SSSR count). The lowest BCUT2D eigenvalue weighted by Gasteiger charge is -2.17. The molecule has 0 spiro atoms. The highest BCUT2D eigenvalue weighted by atomic mass is 16.5. The van der Waals surface area contributed by atoms with E-state index in [1.54, 1.807) is 0 Å². The van der Waals surface area contributed by atoms with Gasteiger partial charge in [0.15, 0.2) is 0 Å². The van der Waals surface area contributed by atoms with E-state index in [1.165, 1.54) is 0 Å². The SMILES string of the molecule is CCCCN1C(=O)c2cccc3c(-c4c(C)noc4C)ccc1c23. The van der Waals surface area contributed by atoms with Crippen molar-refractivity contribution >= 4 is 22.4 Å². The third kappa shape index (κ3) is 1.99. The minimum absolute atomic E-state index is 0.111. The summed E-state index contributed by atoms with van der Waals surface area (Å²) in [5.41, 5.74) is 4.80. The molecule has 0 atom stereocenters. The molecule has 0 bridgehead atoms. The Morgan fingerprint density at radius 1 is 1.12 bits per heavy atom. The Labute approximate surface area is 141 Å². The summed E-state index contributed by atoms with van der Waals surface area (Å²) >= 11 is 0. The third-order valence-corrected chi connectivity index (χ3v) is 4.82. The first-order valence-electron chi connectivity index (χ1n) is 8.44. The minimum atomic E-state index is 0.111. The average molecular weight is 320 g/mol. The summed E-state index contributed by atoms with van der Waals surface area (Å²) in [7, 11) is 0. The normalized spacial score (nSPS) is 13.3. The number of anilines is 1. The van der Waals surface area contributed by atoms with Crippen LogP contribution < -0.4 is 4.90 Å². The number of benzene rings is 2. The van der Waals surface area contributed by atoms with E-state index in [0.29, 0.717) is 0 Å². The van der Waals surface area contributed by atoms with Crippen LogP contribution in [0.3, 0.4) is 0 Å². The van der Waals surface area contributed by atoms with Crippen molar-refractivity contribution in [3.63, 3.8) is 0 Å². The molecular formula is C20H20N2O2. The monoisotopic (exact) mass is 320 g/mol. The molecule has 0 radical (unpaired) electrons. The second kappa shape index (κ2) is 5.48. The van der Waals surface area contributed by atoms with Crippen molar-refractivity contribution < 1.29 is 9.32 Å². The summed E-state index contributed by atoms with van der Waals surface area (Å²) in [6.07, 6.45) is 2.08. The molecule has 0 aliphatic carbocycles. The number of rotatable bonds is 4. The van der Waals surface area contributed by atoms with Gasteiger partial charge in [-0.15, -0.1) is 0 Å². The summed E-state index contributed by atoms with van der Waals surface area (Å²) in [6.45, 7) is 6.79. The first-order chi connectivity index (χ1) is 11.6. The van der Waals surface area contributed by atoms with Crippen LogP contribution in [0.25, 0.3) is 21.9 Å². The lowest BCUT2D eigenvalue weighted by Crippen LogP contribution is -2.27. The van der Waals surface area contributed by atoms with E-state index in [9.17, 15) is 4.79 Å². The van der Waals surface area contributed by atoms with Gasteiger partial charge in [-0.25, -0.2) is 0 Å². The van der Waals surface area contributed by atoms with Gasteiger partial charge in [0.2, 0.25) is 0 Å². The molecule has 2 aromatic carbocycles. The standard InChI is InChI=1S/C20H20N2O2/c1-4-5-11-22-17-10-9-15(18-12(2)21-24-13(18)3)14-7-6-8-16(19(14)17)20(22)23/h6-10H,4-5,11H2,1-3H3. The average Bonchev–Trinajstić information content (AvgIpc) is 3.06. The highest BCUT2D eigenvalue weighted by Gasteiger charge is 2.30. The maximum Gasteiger partial charge on any atom is 0.258 e. The molecule has 0 saturated heterocycles. The summed E-state index contributed by atoms with van der Waals surface area (Å²) in [5.74, 6) is 0.917. The molecule has 4 nitrogen and oxygen atoms in total. The van der Waals surface area contributed by atoms with Crippen molar-refractivity contribution in [2.45, 2.75) is 33.6 Å². The highest BCUT2D eigenvalue weighted by molar-refractivity contribution is 6.26. The Morgan fingerprint density at radius 3 is 2.67 bits per heavy atom. The van der Waals surface area contributed by atoms with Crippen LogP contribution in [0.1, 0.15) is 41.6 Å². The van der Waals surface area contributed by atoms with E-state index in [1.807, 2.05) is 30.9 Å². The number of carbonyl (C=O) groups excluding carboxylic acids is 1. The molecule has 122 valence electrons. The van der Waals surface area contributed by atoms with Crippen molar-refractivity contribution in [1.82, 2.24) is 5.16 Å². The van der Waals surface area contributed by atoms with Gasteiger partial charge in [0.25, 0.3) is 5.91 Å². The first-order valence-corrected chi connectivity index (χ1v) is 8.44. The Kier molecular flexibility index (Phi) is 3.41. The van der Waals surface area contributed by atoms with Crippen molar-refractivity contribution in [2.75, 3.05) is 11.4 Å². The Bertz CT molecular complexity index is 936. The number of unbranched alkanes of at least 4 members (excludes halogenated alkanes) is 1. The number of carbonyl (C=O) groups is 1. The molecule has 0 N–H and O–H groups in total. The van der Waals surface area contributed by atoms with Gasteiger partial charge in [0.05, 0.1) is 11.4 Å². The number of amides is 1. The van der Waals surface area contributed by atoms with Gasteiger partial charge in [-0.2, -0.15) is 0 Å². The Balaban J connectivity index is 1.97. The first kappa shape index (κ1) is 14.9. The van der Waals surface area contributed by atoms with E-state index in [2.05, 4.69) is 30.3 Å². The zero-order valence-corrected chi connectivity index (χ0v) is 14.2.